The van der Waals surface area contributed by atoms with Crippen molar-refractivity contribution in [2.75, 3.05) is 12.3 Å². The first-order valence-corrected chi connectivity index (χ1v) is 7.60. The molecule has 1 amide bonds. The van der Waals surface area contributed by atoms with E-state index in [1.165, 1.54) is 5.56 Å². The van der Waals surface area contributed by atoms with E-state index < -0.39 is 0 Å². The van der Waals surface area contributed by atoms with E-state index in [9.17, 15) is 4.79 Å². The van der Waals surface area contributed by atoms with Gasteiger partial charge in [0, 0.05) is 11.4 Å². The second-order valence-corrected chi connectivity index (χ2v) is 5.64. The molecule has 18 heavy (non-hydrogen) atoms. The van der Waals surface area contributed by atoms with E-state index in [-0.39, 0.29) is 5.91 Å². The summed E-state index contributed by atoms with van der Waals surface area (Å²) < 4.78 is 0. The highest BCUT2D eigenvalue weighted by molar-refractivity contribution is 8.00. The van der Waals surface area contributed by atoms with Crippen LogP contribution in [0.5, 0.6) is 0 Å². The normalized spacial score (nSPS) is 10.7. The zero-order chi connectivity index (χ0) is 13.4. The third-order valence-corrected chi connectivity index (χ3v) is 4.15. The van der Waals surface area contributed by atoms with Gasteiger partial charge >= 0.3 is 0 Å². The molecule has 0 heterocycles. The molecule has 0 radical (unpaired) electrons. The third kappa shape index (κ3) is 5.58. The first-order chi connectivity index (χ1) is 8.65. The molecule has 0 spiro atoms. The van der Waals surface area contributed by atoms with E-state index in [0.717, 1.165) is 24.3 Å². The molecule has 3 heteroatoms. The monoisotopic (exact) mass is 265 g/mol. The summed E-state index contributed by atoms with van der Waals surface area (Å²) in [6.45, 7) is 7.21. The molecule has 0 aliphatic carbocycles. The lowest BCUT2D eigenvalue weighted by Crippen LogP contribution is -2.30. The maximum absolute atomic E-state index is 11.7. The van der Waals surface area contributed by atoms with Gasteiger partial charge in [0.1, 0.15) is 0 Å². The van der Waals surface area contributed by atoms with Gasteiger partial charge in [-0.2, -0.15) is 0 Å². The standard InChI is InChI=1S/C15H23NOS/c1-4-13(5-2)10-16-15(17)11-18-14-8-6-12(3)7-9-14/h6-9,13H,4-5,10-11H2,1-3H3,(H,16,17). The van der Waals surface area contributed by atoms with Gasteiger partial charge in [-0.15, -0.1) is 11.8 Å². The minimum Gasteiger partial charge on any atom is -0.355 e. The summed E-state index contributed by atoms with van der Waals surface area (Å²) >= 11 is 1.59. The minimum absolute atomic E-state index is 0.132. The first kappa shape index (κ1) is 15.1. The Bertz CT molecular complexity index is 357. The van der Waals surface area contributed by atoms with Gasteiger partial charge in [0.25, 0.3) is 0 Å². The summed E-state index contributed by atoms with van der Waals surface area (Å²) in [5.41, 5.74) is 1.25. The number of hydrogen-bond donors (Lipinski definition) is 1. The largest absolute Gasteiger partial charge is 0.355 e. The summed E-state index contributed by atoms with van der Waals surface area (Å²) in [5.74, 6) is 1.24. The van der Waals surface area contributed by atoms with E-state index in [1.807, 2.05) is 0 Å². The van der Waals surface area contributed by atoms with Crippen LogP contribution in [0, 0.1) is 12.8 Å². The lowest BCUT2D eigenvalue weighted by Gasteiger charge is -2.13. The molecule has 0 aliphatic rings. The quantitative estimate of drug-likeness (QED) is 0.763. The number of amides is 1. The number of benzene rings is 1. The molecule has 1 N–H and O–H groups in total. The molecular weight excluding hydrogens is 242 g/mol. The predicted octanol–water partition coefficient (Wildman–Crippen LogP) is 3.64. The van der Waals surface area contributed by atoms with Crippen molar-refractivity contribution < 1.29 is 4.79 Å². The molecule has 0 aliphatic heterocycles. The Kier molecular flexibility index (Phi) is 6.88. The molecule has 0 fully saturated rings. The Hall–Kier alpha value is -0.960. The van der Waals surface area contributed by atoms with Crippen LogP contribution in [0.2, 0.25) is 0 Å². The van der Waals surface area contributed by atoms with Crippen molar-refractivity contribution in [1.82, 2.24) is 5.32 Å². The molecule has 1 aromatic carbocycles. The van der Waals surface area contributed by atoms with Crippen LogP contribution in [0.25, 0.3) is 0 Å². The summed E-state index contributed by atoms with van der Waals surface area (Å²) in [4.78, 5) is 12.8. The highest BCUT2D eigenvalue weighted by Gasteiger charge is 2.06. The first-order valence-electron chi connectivity index (χ1n) is 6.61. The molecule has 0 atom stereocenters. The maximum atomic E-state index is 11.7. The van der Waals surface area contributed by atoms with Crippen molar-refractivity contribution in [3.05, 3.63) is 29.8 Å². The Morgan fingerprint density at radius 3 is 2.39 bits per heavy atom. The second-order valence-electron chi connectivity index (χ2n) is 4.59. The highest BCUT2D eigenvalue weighted by Crippen LogP contribution is 2.17. The van der Waals surface area contributed by atoms with Crippen LogP contribution in [0.1, 0.15) is 32.3 Å². The molecule has 0 saturated heterocycles. The van der Waals surface area contributed by atoms with Crippen molar-refractivity contribution in [2.45, 2.75) is 38.5 Å². The van der Waals surface area contributed by atoms with E-state index in [1.54, 1.807) is 11.8 Å². The van der Waals surface area contributed by atoms with Gasteiger partial charge < -0.3 is 5.32 Å². The number of hydrogen-bond acceptors (Lipinski definition) is 2. The van der Waals surface area contributed by atoms with Gasteiger partial charge in [0.05, 0.1) is 5.75 Å². The van der Waals surface area contributed by atoms with Crippen LogP contribution in [-0.4, -0.2) is 18.2 Å². The van der Waals surface area contributed by atoms with Gasteiger partial charge in [0.2, 0.25) is 5.91 Å². The van der Waals surface area contributed by atoms with Crippen molar-refractivity contribution >= 4 is 17.7 Å². The van der Waals surface area contributed by atoms with Crippen LogP contribution in [0.4, 0.5) is 0 Å². The third-order valence-electron chi connectivity index (χ3n) is 3.13. The molecule has 0 saturated carbocycles. The minimum atomic E-state index is 0.132. The fourth-order valence-electron chi connectivity index (χ4n) is 1.67. The van der Waals surface area contributed by atoms with Gasteiger partial charge in [0.15, 0.2) is 0 Å². The molecule has 2 nitrogen and oxygen atoms in total. The SMILES string of the molecule is CCC(CC)CNC(=O)CSc1ccc(C)cc1. The maximum Gasteiger partial charge on any atom is 0.230 e. The van der Waals surface area contributed by atoms with Gasteiger partial charge in [-0.25, -0.2) is 0 Å². The molecule has 0 unspecified atom stereocenters. The van der Waals surface area contributed by atoms with Crippen molar-refractivity contribution in [3.63, 3.8) is 0 Å². The number of carbonyl (C=O) groups is 1. The fraction of sp³-hybridized carbons (Fsp3) is 0.533. The van der Waals surface area contributed by atoms with Gasteiger partial charge in [-0.1, -0.05) is 44.4 Å². The van der Waals surface area contributed by atoms with Gasteiger partial charge in [-0.3, -0.25) is 4.79 Å². The lowest BCUT2D eigenvalue weighted by atomic mass is 10.0. The van der Waals surface area contributed by atoms with Crippen LogP contribution in [0.15, 0.2) is 29.2 Å². The zero-order valence-electron chi connectivity index (χ0n) is 11.5. The van der Waals surface area contributed by atoms with E-state index in [4.69, 9.17) is 0 Å². The average Bonchev–Trinajstić information content (AvgIpc) is 2.39. The lowest BCUT2D eigenvalue weighted by molar-refractivity contribution is -0.118. The zero-order valence-corrected chi connectivity index (χ0v) is 12.3. The number of nitrogens with one attached hydrogen (secondary N) is 1. The molecule has 1 aromatic rings. The Morgan fingerprint density at radius 2 is 1.83 bits per heavy atom. The summed E-state index contributed by atoms with van der Waals surface area (Å²) in [7, 11) is 0. The smallest absolute Gasteiger partial charge is 0.230 e. The average molecular weight is 265 g/mol. The fourth-order valence-corrected chi connectivity index (χ4v) is 2.40. The Morgan fingerprint density at radius 1 is 1.22 bits per heavy atom. The summed E-state index contributed by atoms with van der Waals surface area (Å²) in [6, 6.07) is 8.28. The van der Waals surface area contributed by atoms with Crippen LogP contribution in [0.3, 0.4) is 0 Å². The number of rotatable bonds is 7. The number of aryl methyl sites for hydroxylation is 1. The number of carbonyl (C=O) groups excluding carboxylic acids is 1. The van der Waals surface area contributed by atoms with E-state index in [2.05, 4.69) is 50.4 Å². The predicted molar refractivity (Wildman–Crippen MR) is 79.0 cm³/mol. The van der Waals surface area contributed by atoms with Crippen molar-refractivity contribution in [1.29, 1.82) is 0 Å². The molecule has 100 valence electrons. The molecular formula is C15H23NOS. The van der Waals surface area contributed by atoms with E-state index >= 15 is 0 Å². The van der Waals surface area contributed by atoms with Crippen LogP contribution < -0.4 is 5.32 Å². The van der Waals surface area contributed by atoms with Gasteiger partial charge in [-0.05, 0) is 25.0 Å². The molecule has 0 bridgehead atoms. The Balaban J connectivity index is 2.26. The molecule has 0 aromatic heterocycles. The summed E-state index contributed by atoms with van der Waals surface area (Å²) in [5, 5.41) is 3.01. The van der Waals surface area contributed by atoms with Crippen molar-refractivity contribution in [2.24, 2.45) is 5.92 Å². The second kappa shape index (κ2) is 8.20. The van der Waals surface area contributed by atoms with Crippen molar-refractivity contribution in [3.8, 4) is 0 Å². The Labute approximate surface area is 115 Å². The summed E-state index contributed by atoms with van der Waals surface area (Å²) in [6.07, 6.45) is 2.25. The molecule has 1 rings (SSSR count). The van der Waals surface area contributed by atoms with E-state index in [0.29, 0.717) is 11.7 Å². The van der Waals surface area contributed by atoms with Crippen LogP contribution >= 0.6 is 11.8 Å². The highest BCUT2D eigenvalue weighted by atomic mass is 32.2. The topological polar surface area (TPSA) is 29.1 Å². The number of thioether (sulfide) groups is 1. The van der Waals surface area contributed by atoms with Crippen LogP contribution in [-0.2, 0) is 4.79 Å².